The Kier molecular flexibility index (Phi) is 8.03. The van der Waals surface area contributed by atoms with Gasteiger partial charge < -0.3 is 15.0 Å². The van der Waals surface area contributed by atoms with E-state index in [-0.39, 0.29) is 49.4 Å². The van der Waals surface area contributed by atoms with Gasteiger partial charge in [-0.1, -0.05) is 17.7 Å². The van der Waals surface area contributed by atoms with Gasteiger partial charge in [-0.3, -0.25) is 4.99 Å². The molecule has 7 rings (SSSR count). The van der Waals surface area contributed by atoms with Gasteiger partial charge >= 0.3 is 6.55 Å². The number of aromatic nitrogens is 5. The standard InChI is InChI=1S/C29H28ClF3N8O3S2/c30-20-13-16(31)1-2-19(20)24-23(21-5-11-41(38-21)28(32)33)22-14-17(15-40(22)25(37-24)26-34-10-12-45-26)39-46(43,44)18-3-6-29(42,7-4-18)27-35-8-9-36-27/h1-2,5,8-13,17-18,24,28,39,42H,3-4,6-7,14-15H2,(H,35,36)/t17?,18?,24-,29?/m0/s1. The van der Waals surface area contributed by atoms with Gasteiger partial charge in [0.05, 0.1) is 10.9 Å². The summed E-state index contributed by atoms with van der Waals surface area (Å²) in [5.74, 6) is 0.324. The number of imidazole rings is 1. The Morgan fingerprint density at radius 3 is 2.63 bits per heavy atom. The molecule has 46 heavy (non-hydrogen) atoms. The van der Waals surface area contributed by atoms with Gasteiger partial charge in [-0.15, -0.1) is 11.3 Å². The molecule has 242 valence electrons. The number of alkyl halides is 2. The zero-order chi connectivity index (χ0) is 32.2. The van der Waals surface area contributed by atoms with Crippen molar-refractivity contribution in [3.05, 3.63) is 93.1 Å². The largest absolute Gasteiger partial charge is 0.382 e. The first-order valence-corrected chi connectivity index (χ1v) is 17.3. The fourth-order valence-electron chi connectivity index (χ4n) is 6.50. The lowest BCUT2D eigenvalue weighted by molar-refractivity contribution is -0.00739. The van der Waals surface area contributed by atoms with Gasteiger partial charge in [0, 0.05) is 71.0 Å². The van der Waals surface area contributed by atoms with Crippen LogP contribution >= 0.6 is 22.9 Å². The van der Waals surface area contributed by atoms with Crippen molar-refractivity contribution in [2.75, 3.05) is 6.54 Å². The Morgan fingerprint density at radius 2 is 1.98 bits per heavy atom. The number of aliphatic hydroxyl groups is 1. The molecule has 0 radical (unpaired) electrons. The van der Waals surface area contributed by atoms with Gasteiger partial charge in [0.2, 0.25) is 10.0 Å². The average molecular weight is 693 g/mol. The molecule has 1 saturated carbocycles. The second kappa shape index (κ2) is 11.9. The molecule has 1 unspecified atom stereocenters. The number of nitrogens with zero attached hydrogens (tertiary/aromatic N) is 6. The first kappa shape index (κ1) is 31.1. The van der Waals surface area contributed by atoms with E-state index in [1.54, 1.807) is 24.0 Å². The van der Waals surface area contributed by atoms with Crippen LogP contribution in [0.25, 0.3) is 5.57 Å². The van der Waals surface area contributed by atoms with Crippen molar-refractivity contribution in [3.63, 3.8) is 0 Å². The van der Waals surface area contributed by atoms with Crippen LogP contribution in [0.1, 0.15) is 66.8 Å². The lowest BCUT2D eigenvalue weighted by Crippen LogP contribution is -2.46. The summed E-state index contributed by atoms with van der Waals surface area (Å²) in [4.78, 5) is 18.3. The molecule has 2 atom stereocenters. The number of rotatable bonds is 8. The molecule has 0 bridgehead atoms. The molecular weight excluding hydrogens is 665 g/mol. The second-order valence-electron chi connectivity index (χ2n) is 11.5. The quantitative estimate of drug-likeness (QED) is 0.236. The topological polar surface area (TPSA) is 141 Å². The average Bonchev–Trinajstić information content (AvgIpc) is 3.84. The SMILES string of the molecule is O=S(=O)(NC1CC2=C(c3ccn(C(F)F)n3)[C@H](c3ccc(F)cc3Cl)N=C(c3nccs3)N2C1)C1CCC(O)(c2ncc[nH]2)CC1. The van der Waals surface area contributed by atoms with Crippen LogP contribution in [-0.4, -0.2) is 66.8 Å². The Bertz CT molecular complexity index is 1910. The number of aliphatic imine (C=N–C) groups is 1. The summed E-state index contributed by atoms with van der Waals surface area (Å²) in [6.07, 6.45) is 7.06. The van der Waals surface area contributed by atoms with Crippen molar-refractivity contribution in [2.24, 2.45) is 4.99 Å². The minimum absolute atomic E-state index is 0.0918. The molecule has 1 saturated heterocycles. The monoisotopic (exact) mass is 692 g/mol. The Balaban J connectivity index is 1.24. The van der Waals surface area contributed by atoms with Gasteiger partial charge in [-0.25, -0.2) is 32.2 Å². The predicted octanol–water partition coefficient (Wildman–Crippen LogP) is 4.99. The lowest BCUT2D eigenvalue weighted by Gasteiger charge is -2.34. The summed E-state index contributed by atoms with van der Waals surface area (Å²) >= 11 is 7.86. The van der Waals surface area contributed by atoms with Crippen molar-refractivity contribution < 1.29 is 26.7 Å². The summed E-state index contributed by atoms with van der Waals surface area (Å²) in [5.41, 5.74) is 0.493. The van der Waals surface area contributed by atoms with Crippen molar-refractivity contribution in [2.45, 2.75) is 61.6 Å². The third-order valence-corrected chi connectivity index (χ3v) is 11.8. The number of sulfonamides is 1. The van der Waals surface area contributed by atoms with Gasteiger partial charge in [0.1, 0.15) is 23.3 Å². The number of aromatic amines is 1. The van der Waals surface area contributed by atoms with Crippen LogP contribution in [0.15, 0.2) is 65.1 Å². The fourth-order valence-corrected chi connectivity index (χ4v) is 9.08. The molecule has 2 fully saturated rings. The Labute approximate surface area is 270 Å². The first-order valence-electron chi connectivity index (χ1n) is 14.5. The maximum atomic E-state index is 14.1. The maximum Gasteiger partial charge on any atom is 0.333 e. The zero-order valence-corrected chi connectivity index (χ0v) is 26.4. The predicted molar refractivity (Wildman–Crippen MR) is 165 cm³/mol. The molecule has 3 N–H and O–H groups in total. The van der Waals surface area contributed by atoms with Crippen LogP contribution in [0.5, 0.6) is 0 Å². The number of nitrogens with one attached hydrogen (secondary N) is 2. The molecule has 2 aliphatic heterocycles. The number of halogens is 4. The summed E-state index contributed by atoms with van der Waals surface area (Å²) in [6, 6.07) is 3.87. The van der Waals surface area contributed by atoms with Crippen LogP contribution in [0.2, 0.25) is 5.02 Å². The maximum absolute atomic E-state index is 14.1. The number of H-pyrrole nitrogens is 1. The molecule has 11 nitrogen and oxygen atoms in total. The fraction of sp³-hybridized carbons (Fsp3) is 0.379. The van der Waals surface area contributed by atoms with Crippen molar-refractivity contribution >= 4 is 44.4 Å². The van der Waals surface area contributed by atoms with Gasteiger partial charge in [-0.05, 0) is 43.9 Å². The number of fused-ring (bicyclic) bond motifs is 1. The molecule has 5 heterocycles. The number of hydrogen-bond donors (Lipinski definition) is 3. The van der Waals surface area contributed by atoms with E-state index >= 15 is 0 Å². The van der Waals surface area contributed by atoms with E-state index < -0.39 is 45.3 Å². The molecular formula is C29H28ClF3N8O3S2. The first-order chi connectivity index (χ1) is 22.0. The van der Waals surface area contributed by atoms with E-state index in [4.69, 9.17) is 16.6 Å². The summed E-state index contributed by atoms with van der Waals surface area (Å²) in [5, 5.41) is 16.9. The molecule has 4 aromatic rings. The molecule has 0 amide bonds. The van der Waals surface area contributed by atoms with Gasteiger partial charge in [0.25, 0.3) is 0 Å². The highest BCUT2D eigenvalue weighted by atomic mass is 35.5. The van der Waals surface area contributed by atoms with Gasteiger partial charge in [0.15, 0.2) is 10.8 Å². The highest BCUT2D eigenvalue weighted by molar-refractivity contribution is 7.90. The van der Waals surface area contributed by atoms with Crippen molar-refractivity contribution in [3.8, 4) is 0 Å². The Hall–Kier alpha value is -3.57. The molecule has 0 spiro atoms. The number of hydrogen-bond acceptors (Lipinski definition) is 9. The highest BCUT2D eigenvalue weighted by Crippen LogP contribution is 2.46. The second-order valence-corrected chi connectivity index (χ2v) is 14.8. The minimum atomic E-state index is -3.84. The number of benzene rings is 1. The van der Waals surface area contributed by atoms with Crippen molar-refractivity contribution in [1.29, 1.82) is 0 Å². The van der Waals surface area contributed by atoms with Crippen LogP contribution in [0, 0.1) is 5.82 Å². The van der Waals surface area contributed by atoms with Crippen LogP contribution < -0.4 is 4.72 Å². The van der Waals surface area contributed by atoms with Crippen LogP contribution in [-0.2, 0) is 15.6 Å². The Morgan fingerprint density at radius 1 is 1.17 bits per heavy atom. The molecule has 17 heteroatoms. The van der Waals surface area contributed by atoms with Crippen molar-refractivity contribution in [1.82, 2.24) is 34.4 Å². The molecule has 3 aliphatic rings. The molecule has 1 aliphatic carbocycles. The highest BCUT2D eigenvalue weighted by Gasteiger charge is 2.45. The summed E-state index contributed by atoms with van der Waals surface area (Å²) < 4.78 is 72.1. The number of amidine groups is 1. The lowest BCUT2D eigenvalue weighted by atomic mass is 9.84. The van der Waals surface area contributed by atoms with E-state index in [1.165, 1.54) is 29.5 Å². The van der Waals surface area contributed by atoms with E-state index in [0.29, 0.717) is 38.2 Å². The molecule has 1 aromatic carbocycles. The van der Waals surface area contributed by atoms with E-state index in [0.717, 1.165) is 12.3 Å². The normalized spacial score (nSPS) is 25.3. The zero-order valence-electron chi connectivity index (χ0n) is 24.0. The van der Waals surface area contributed by atoms with E-state index in [9.17, 15) is 26.7 Å². The van der Waals surface area contributed by atoms with Gasteiger partial charge in [-0.2, -0.15) is 13.9 Å². The van der Waals surface area contributed by atoms with E-state index in [1.807, 2.05) is 4.90 Å². The smallest absolute Gasteiger partial charge is 0.333 e. The van der Waals surface area contributed by atoms with Crippen LogP contribution in [0.4, 0.5) is 13.2 Å². The van der Waals surface area contributed by atoms with Crippen LogP contribution in [0.3, 0.4) is 0 Å². The van der Waals surface area contributed by atoms with E-state index in [2.05, 4.69) is 24.8 Å². The summed E-state index contributed by atoms with van der Waals surface area (Å²) in [7, 11) is -3.84. The minimum Gasteiger partial charge on any atom is -0.382 e. The third kappa shape index (κ3) is 5.65. The summed E-state index contributed by atoms with van der Waals surface area (Å²) in [6.45, 7) is -2.69. The molecule has 3 aromatic heterocycles. The third-order valence-electron chi connectivity index (χ3n) is 8.69. The number of thiazole rings is 1.